The Labute approximate surface area is 461 Å². The number of aliphatic hydroxyl groups excluding tert-OH is 1. The Morgan fingerprint density at radius 2 is 1.73 bits per heavy atom. The van der Waals surface area contributed by atoms with Gasteiger partial charge in [-0.3, -0.25) is 0 Å². The maximum atomic E-state index is 14.3. The van der Waals surface area contributed by atoms with Crippen LogP contribution in [0.3, 0.4) is 0 Å². The predicted octanol–water partition coefficient (Wildman–Crippen LogP) is 7.03. The molecule has 5 aliphatic heterocycles. The molecule has 12 rings (SSSR count). The van der Waals surface area contributed by atoms with E-state index in [1.807, 2.05) is 66.7 Å². The van der Waals surface area contributed by atoms with Gasteiger partial charge in [0.1, 0.15) is 17.6 Å². The van der Waals surface area contributed by atoms with Crippen LogP contribution in [-0.2, 0) is 33.4 Å². The molecule has 4 aromatic rings. The molecule has 8 aliphatic rings. The molecule has 1 saturated carbocycles. The van der Waals surface area contributed by atoms with Gasteiger partial charge in [0.15, 0.2) is 5.96 Å². The minimum atomic E-state index is -4.92. The van der Waals surface area contributed by atoms with Crippen LogP contribution in [0.1, 0.15) is 155 Å². The van der Waals surface area contributed by atoms with E-state index in [0.717, 1.165) is 65.5 Å². The number of hydrogen-bond acceptors (Lipinski definition) is 9. The molecule has 13 heteroatoms. The Morgan fingerprint density at radius 1 is 0.959 bits per heavy atom. The van der Waals surface area contributed by atoms with E-state index in [9.17, 15) is 28.3 Å². The quantitative estimate of drug-likeness (QED) is 0.0274. The molecule has 74 heavy (non-hydrogen) atoms. The summed E-state index contributed by atoms with van der Waals surface area (Å²) in [5.74, 6) is 5.91. The predicted molar refractivity (Wildman–Crippen MR) is 283 cm³/mol. The maximum Gasteiger partial charge on any atom is 1.00 e. The summed E-state index contributed by atoms with van der Waals surface area (Å²) in [4.78, 5) is 5.12. The summed E-state index contributed by atoms with van der Waals surface area (Å²) in [6.07, 6.45) is 10.1. The van der Waals surface area contributed by atoms with Crippen LogP contribution >= 0.6 is 0 Å². The van der Waals surface area contributed by atoms with E-state index in [-0.39, 0.29) is 96.4 Å². The normalized spacial score (nSPS) is 31.7. The molecule has 5 heterocycles. The average molecular weight is 1030 g/mol. The summed E-state index contributed by atoms with van der Waals surface area (Å²) in [5.41, 5.74) is 17.5. The number of nitrogens with two attached hydrogens (primary N) is 2. The largest absolute Gasteiger partial charge is 1.00 e. The number of aromatic hydroxyl groups is 1. The van der Waals surface area contributed by atoms with E-state index in [1.54, 1.807) is 12.1 Å². The number of fused-ring (bicyclic) bond motifs is 8. The molecule has 7 N–H and O–H groups in total. The molecule has 0 aromatic heterocycles. The van der Waals surface area contributed by atoms with Crippen molar-refractivity contribution in [3.63, 3.8) is 0 Å². The van der Waals surface area contributed by atoms with Crippen LogP contribution in [-0.4, -0.2) is 57.8 Å². The number of rotatable bonds is 10. The van der Waals surface area contributed by atoms with Crippen molar-refractivity contribution in [3.05, 3.63) is 142 Å². The van der Waals surface area contributed by atoms with Crippen molar-refractivity contribution in [2.75, 3.05) is 6.61 Å². The molecule has 1 saturated heterocycles. The molecule has 388 valence electrons. The molecule has 4 aromatic carbocycles. The molecule has 11 nitrogen and oxygen atoms in total. The van der Waals surface area contributed by atoms with Crippen molar-refractivity contribution < 1.29 is 67.3 Å². The van der Waals surface area contributed by atoms with Gasteiger partial charge in [0.2, 0.25) is 5.72 Å². The third-order valence-corrected chi connectivity index (χ3v) is 19.1. The maximum absolute atomic E-state index is 14.3. The zero-order chi connectivity index (χ0) is 51.2. The summed E-state index contributed by atoms with van der Waals surface area (Å²) in [6, 6.07) is 29.5. The number of nitrogens with zero attached hydrogens (tertiary/aromatic N) is 1. The van der Waals surface area contributed by atoms with E-state index in [2.05, 4.69) is 50.8 Å². The number of aryl methyl sites for hydroxylation is 1. The van der Waals surface area contributed by atoms with Gasteiger partial charge in [0, 0.05) is 36.1 Å². The van der Waals surface area contributed by atoms with Gasteiger partial charge in [-0.2, -0.15) is 0 Å². The van der Waals surface area contributed by atoms with Crippen LogP contribution in [0.2, 0.25) is 0 Å². The number of guanidine groups is 1. The first-order chi connectivity index (χ1) is 35.0. The molecule has 0 spiro atoms. The smallest absolute Gasteiger partial charge is 0.748 e. The number of aliphatic imine (C=N–C) groups is 1. The topological polar surface area (TPSA) is 201 Å². The van der Waals surface area contributed by atoms with Gasteiger partial charge in [-0.15, -0.1) is 0 Å². The third kappa shape index (κ3) is 11.6. The van der Waals surface area contributed by atoms with Crippen LogP contribution in [0.5, 0.6) is 11.5 Å². The van der Waals surface area contributed by atoms with E-state index in [4.69, 9.17) is 25.9 Å². The first kappa shape index (κ1) is 54.6. The van der Waals surface area contributed by atoms with Gasteiger partial charge in [-0.05, 0) is 170 Å². The van der Waals surface area contributed by atoms with E-state index < -0.39 is 44.6 Å². The third-order valence-electron chi connectivity index (χ3n) is 17.8. The van der Waals surface area contributed by atoms with Crippen LogP contribution in [0.4, 0.5) is 0 Å². The molecule has 2 fully saturated rings. The van der Waals surface area contributed by atoms with E-state index in [0.29, 0.717) is 73.7 Å². The number of benzene rings is 4. The average Bonchev–Trinajstić information content (AvgIpc) is 3.47. The van der Waals surface area contributed by atoms with Crippen molar-refractivity contribution in [2.45, 2.75) is 151 Å². The Balaban J connectivity index is 0.00000672. The number of ether oxygens (including phenoxy) is 2. The molecule has 13 unspecified atom stereocenters. The van der Waals surface area contributed by atoms with E-state index in [1.165, 1.54) is 0 Å². The molecular formula is C61H74N3NaO8S. The first-order valence-corrected chi connectivity index (χ1v) is 28.5. The van der Waals surface area contributed by atoms with Crippen LogP contribution in [0.25, 0.3) is 0 Å². The summed E-state index contributed by atoms with van der Waals surface area (Å²) < 4.78 is 57.3. The monoisotopic (exact) mass is 1030 g/mol. The van der Waals surface area contributed by atoms with E-state index >= 15 is 0 Å². The number of allylic oxidation sites excluding steroid dienone is 1. The molecule has 0 amide bonds. The van der Waals surface area contributed by atoms with Gasteiger partial charge in [-0.25, -0.2) is 13.4 Å². The summed E-state index contributed by atoms with van der Waals surface area (Å²) in [6.45, 7) is 6.58. The second kappa shape index (κ2) is 22.4. The zero-order valence-electron chi connectivity index (χ0n) is 43.7. The van der Waals surface area contributed by atoms with Crippen LogP contribution in [0, 0.1) is 53.3 Å². The molecule has 0 radical (unpaired) electrons. The Kier molecular flexibility index (Phi) is 16.6. The van der Waals surface area contributed by atoms with Gasteiger partial charge in [-0.1, -0.05) is 118 Å². The Bertz CT molecular complexity index is 2880. The van der Waals surface area contributed by atoms with Crippen molar-refractivity contribution in [1.82, 2.24) is 0 Å². The summed E-state index contributed by atoms with van der Waals surface area (Å²) >= 11 is 0. The van der Waals surface area contributed by atoms with Crippen LogP contribution < -0.4 is 45.8 Å². The standard InChI is InChI=1S/C61H75N3O8S.Na/c1-37(2)25-40-12-8-24-60(67,34-40)48(26-39-9-5-4-6-10-39)35-61(64-59(62)63)47-18-16-42(17-19-47)57-45-28-46(58-53-22-20-49(66)29-43(53)13-7-11-41(36-65)27-51(31-45)71-58)32-55(57)56(73(68,69)70)33-54-38(3)14-15-44-30-50(72-61)21-23-52(44)54;/h4-6,9-10,16-23,29-30,32,37-38,40-41,45,48,51,54-58,65-67H,8,11-12,14-15,24-28,31,33-36H2,1-3H3,(H4,62,63,64)(H,68,69,70);/q;+1/p-1. The minimum Gasteiger partial charge on any atom is -0.748 e. The van der Waals surface area contributed by atoms with Gasteiger partial charge in [0.05, 0.1) is 27.1 Å². The summed E-state index contributed by atoms with van der Waals surface area (Å²) in [7, 11) is -4.92. The van der Waals surface area contributed by atoms with Crippen molar-refractivity contribution in [1.29, 1.82) is 0 Å². The van der Waals surface area contributed by atoms with Crippen LogP contribution in [0.15, 0.2) is 108 Å². The Morgan fingerprint density at radius 3 is 2.46 bits per heavy atom. The fourth-order valence-corrected chi connectivity index (χ4v) is 15.6. The fourth-order valence-electron chi connectivity index (χ4n) is 14.5. The van der Waals surface area contributed by atoms with Crippen molar-refractivity contribution >= 4 is 16.1 Å². The first-order valence-electron chi connectivity index (χ1n) is 27.0. The number of aliphatic hydroxyl groups is 2. The number of phenolic OH excluding ortho intramolecular Hbond substituents is 1. The molecular weight excluding hydrogens is 958 g/mol. The zero-order valence-corrected chi connectivity index (χ0v) is 46.5. The number of phenols is 1. The molecule has 10 bridgehead atoms. The van der Waals surface area contributed by atoms with Crippen molar-refractivity contribution in [3.8, 4) is 23.3 Å². The minimum absolute atomic E-state index is 0. The van der Waals surface area contributed by atoms with Gasteiger partial charge in [0.25, 0.3) is 0 Å². The number of hydrogen-bond donors (Lipinski definition) is 5. The van der Waals surface area contributed by atoms with Crippen molar-refractivity contribution in [2.24, 2.45) is 57.9 Å². The second-order valence-corrected chi connectivity index (χ2v) is 24.9. The van der Waals surface area contributed by atoms with Gasteiger partial charge >= 0.3 is 29.6 Å². The molecule has 13 atom stereocenters. The second-order valence-electron chi connectivity index (χ2n) is 23.3. The summed E-state index contributed by atoms with van der Waals surface area (Å²) in [5, 5.41) is 33.2. The SMILES string of the molecule is CC(C)CC1CCCC(O)(C(Cc2ccccc2)CC2(N=C(N)N)Oc3ccc4c(c3)CCC(C)C4CC(S(=O)(=O)[O-])C3C=C4CC(CC5CC(CO)CC#Cc6cc(O)ccc6C4O5)C3c3ccc2cc3)C1.[Na+]. The molecule has 3 aliphatic carbocycles. The van der Waals surface area contributed by atoms with Gasteiger partial charge < -0.3 is 40.8 Å². The Hall–Kier alpha value is -4.16. The fraction of sp³-hybridized carbons (Fsp3) is 0.525.